The highest BCUT2D eigenvalue weighted by atomic mass is 32.2. The minimum atomic E-state index is -0.0904. The Hall–Kier alpha value is -3.00. The predicted octanol–water partition coefficient (Wildman–Crippen LogP) is 3.71. The van der Waals surface area contributed by atoms with E-state index in [9.17, 15) is 4.79 Å². The van der Waals surface area contributed by atoms with Crippen LogP contribution in [0.15, 0.2) is 62.7 Å². The number of aromatic nitrogens is 3. The molecule has 4 rings (SSSR count). The zero-order chi connectivity index (χ0) is 18.6. The van der Waals surface area contributed by atoms with Gasteiger partial charge in [0, 0.05) is 11.9 Å². The Morgan fingerprint density at radius 1 is 1.22 bits per heavy atom. The van der Waals surface area contributed by atoms with Gasteiger partial charge in [0.05, 0.1) is 18.6 Å². The standard InChI is InChI=1S/C19H18N4O3S/c1-2-23-18(16-10-13-6-3-4-8-15(13)26-16)21-22-19(23)27-12-17(24)20-11-14-7-5-9-25-14/h3-10H,2,11-12H2,1H3,(H,20,24). The number of fused-ring (bicyclic) bond motifs is 1. The normalized spacial score (nSPS) is 11.1. The number of amides is 1. The minimum absolute atomic E-state index is 0.0904. The second kappa shape index (κ2) is 7.71. The number of thioether (sulfide) groups is 1. The number of carbonyl (C=O) groups excluding carboxylic acids is 1. The van der Waals surface area contributed by atoms with Crippen LogP contribution in [-0.2, 0) is 17.9 Å². The van der Waals surface area contributed by atoms with E-state index in [0.29, 0.717) is 29.8 Å². The highest BCUT2D eigenvalue weighted by Gasteiger charge is 2.17. The number of furan rings is 2. The van der Waals surface area contributed by atoms with Crippen molar-refractivity contribution in [2.45, 2.75) is 25.2 Å². The summed E-state index contributed by atoms with van der Waals surface area (Å²) in [7, 11) is 0. The molecule has 0 aliphatic rings. The van der Waals surface area contributed by atoms with E-state index in [4.69, 9.17) is 8.83 Å². The number of para-hydroxylation sites is 1. The second-order valence-electron chi connectivity index (χ2n) is 5.84. The summed E-state index contributed by atoms with van der Waals surface area (Å²) in [4.78, 5) is 12.1. The van der Waals surface area contributed by atoms with E-state index in [1.807, 2.05) is 47.9 Å². The molecule has 4 aromatic rings. The summed E-state index contributed by atoms with van der Waals surface area (Å²) in [5.74, 6) is 2.20. The quantitative estimate of drug-likeness (QED) is 0.490. The molecule has 0 bridgehead atoms. The van der Waals surface area contributed by atoms with Crippen LogP contribution in [0.5, 0.6) is 0 Å². The van der Waals surface area contributed by atoms with Crippen LogP contribution in [0.25, 0.3) is 22.6 Å². The summed E-state index contributed by atoms with van der Waals surface area (Å²) in [5.41, 5.74) is 0.810. The van der Waals surface area contributed by atoms with Crippen LogP contribution < -0.4 is 5.32 Å². The van der Waals surface area contributed by atoms with Crippen molar-refractivity contribution >= 4 is 28.6 Å². The van der Waals surface area contributed by atoms with Crippen molar-refractivity contribution in [3.8, 4) is 11.6 Å². The third-order valence-electron chi connectivity index (χ3n) is 4.05. The Morgan fingerprint density at radius 3 is 2.89 bits per heavy atom. The lowest BCUT2D eigenvalue weighted by atomic mass is 10.2. The maximum atomic E-state index is 12.1. The highest BCUT2D eigenvalue weighted by Crippen LogP contribution is 2.29. The van der Waals surface area contributed by atoms with E-state index >= 15 is 0 Å². The Bertz CT molecular complexity index is 1020. The molecule has 3 aromatic heterocycles. The van der Waals surface area contributed by atoms with E-state index in [1.165, 1.54) is 11.8 Å². The van der Waals surface area contributed by atoms with Crippen molar-refractivity contribution in [2.75, 3.05) is 5.75 Å². The highest BCUT2D eigenvalue weighted by molar-refractivity contribution is 7.99. The molecule has 0 fully saturated rings. The van der Waals surface area contributed by atoms with E-state index in [-0.39, 0.29) is 11.7 Å². The van der Waals surface area contributed by atoms with E-state index in [0.717, 1.165) is 16.7 Å². The number of nitrogens with zero attached hydrogens (tertiary/aromatic N) is 3. The first kappa shape index (κ1) is 17.4. The minimum Gasteiger partial charge on any atom is -0.467 e. The largest absolute Gasteiger partial charge is 0.467 e. The van der Waals surface area contributed by atoms with Gasteiger partial charge in [0.1, 0.15) is 11.3 Å². The molecule has 0 unspecified atom stereocenters. The molecular formula is C19H18N4O3S. The smallest absolute Gasteiger partial charge is 0.230 e. The molecule has 1 amide bonds. The molecule has 0 spiro atoms. The van der Waals surface area contributed by atoms with Gasteiger partial charge < -0.3 is 14.2 Å². The Morgan fingerprint density at radius 2 is 2.11 bits per heavy atom. The molecule has 1 N–H and O–H groups in total. The van der Waals surface area contributed by atoms with Crippen molar-refractivity contribution in [1.29, 1.82) is 0 Å². The van der Waals surface area contributed by atoms with Gasteiger partial charge >= 0.3 is 0 Å². The lowest BCUT2D eigenvalue weighted by molar-refractivity contribution is -0.118. The third-order valence-corrected chi connectivity index (χ3v) is 5.02. The molecule has 7 nitrogen and oxygen atoms in total. The third kappa shape index (κ3) is 3.75. The molecule has 1 aromatic carbocycles. The molecule has 0 aliphatic carbocycles. The molecule has 0 radical (unpaired) electrons. The molecule has 0 atom stereocenters. The van der Waals surface area contributed by atoms with Crippen molar-refractivity contribution < 1.29 is 13.6 Å². The summed E-state index contributed by atoms with van der Waals surface area (Å²) in [5, 5.41) is 13.0. The van der Waals surface area contributed by atoms with Crippen LogP contribution in [0.3, 0.4) is 0 Å². The Labute approximate surface area is 159 Å². The maximum Gasteiger partial charge on any atom is 0.230 e. The zero-order valence-electron chi connectivity index (χ0n) is 14.7. The first-order chi connectivity index (χ1) is 13.2. The van der Waals surface area contributed by atoms with Gasteiger partial charge in [-0.1, -0.05) is 30.0 Å². The summed E-state index contributed by atoms with van der Waals surface area (Å²) >= 11 is 1.34. The van der Waals surface area contributed by atoms with Gasteiger partial charge in [-0.3, -0.25) is 9.36 Å². The SMILES string of the molecule is CCn1c(SCC(=O)NCc2ccco2)nnc1-c1cc2ccccc2o1. The number of nitrogens with one attached hydrogen (secondary N) is 1. The summed E-state index contributed by atoms with van der Waals surface area (Å²) in [6, 6.07) is 13.4. The van der Waals surface area contributed by atoms with Gasteiger partial charge in [-0.25, -0.2) is 0 Å². The van der Waals surface area contributed by atoms with Crippen LogP contribution in [0.4, 0.5) is 0 Å². The Kier molecular flexibility index (Phi) is 4.97. The molecule has 3 heterocycles. The van der Waals surface area contributed by atoms with Gasteiger partial charge in [-0.2, -0.15) is 0 Å². The number of benzene rings is 1. The van der Waals surface area contributed by atoms with E-state index < -0.39 is 0 Å². The van der Waals surface area contributed by atoms with Crippen LogP contribution in [-0.4, -0.2) is 26.4 Å². The molecule has 0 saturated heterocycles. The van der Waals surface area contributed by atoms with Crippen LogP contribution in [0, 0.1) is 0 Å². The summed E-state index contributed by atoms with van der Waals surface area (Å²) < 4.78 is 13.0. The van der Waals surface area contributed by atoms with Gasteiger partial charge in [0.25, 0.3) is 0 Å². The van der Waals surface area contributed by atoms with Gasteiger partial charge in [0.15, 0.2) is 10.9 Å². The molecule has 138 valence electrons. The van der Waals surface area contributed by atoms with Crippen LogP contribution in [0.1, 0.15) is 12.7 Å². The fourth-order valence-corrected chi connectivity index (χ4v) is 3.57. The van der Waals surface area contributed by atoms with Gasteiger partial charge in [-0.05, 0) is 31.2 Å². The topological polar surface area (TPSA) is 86.1 Å². The molecule has 27 heavy (non-hydrogen) atoms. The number of hydrogen-bond donors (Lipinski definition) is 1. The molecule has 8 heteroatoms. The average molecular weight is 382 g/mol. The second-order valence-corrected chi connectivity index (χ2v) is 6.79. The summed E-state index contributed by atoms with van der Waals surface area (Å²) in [6.07, 6.45) is 1.58. The molecule has 0 aliphatic heterocycles. The Balaban J connectivity index is 1.45. The van der Waals surface area contributed by atoms with Gasteiger partial charge in [-0.15, -0.1) is 10.2 Å². The first-order valence-electron chi connectivity index (χ1n) is 8.58. The summed E-state index contributed by atoms with van der Waals surface area (Å²) in [6.45, 7) is 3.06. The fraction of sp³-hybridized carbons (Fsp3) is 0.211. The lowest BCUT2D eigenvalue weighted by Gasteiger charge is -2.06. The van der Waals surface area contributed by atoms with Crippen molar-refractivity contribution in [3.63, 3.8) is 0 Å². The van der Waals surface area contributed by atoms with E-state index in [1.54, 1.807) is 12.3 Å². The first-order valence-corrected chi connectivity index (χ1v) is 9.57. The molecular weight excluding hydrogens is 364 g/mol. The van der Waals surface area contributed by atoms with Crippen molar-refractivity contribution in [1.82, 2.24) is 20.1 Å². The monoisotopic (exact) mass is 382 g/mol. The number of hydrogen-bond acceptors (Lipinski definition) is 6. The predicted molar refractivity (Wildman–Crippen MR) is 102 cm³/mol. The fourth-order valence-electron chi connectivity index (χ4n) is 2.73. The molecule has 0 saturated carbocycles. The van der Waals surface area contributed by atoms with Crippen molar-refractivity contribution in [3.05, 3.63) is 54.5 Å². The lowest BCUT2D eigenvalue weighted by Crippen LogP contribution is -2.24. The zero-order valence-corrected chi connectivity index (χ0v) is 15.5. The number of rotatable bonds is 7. The van der Waals surface area contributed by atoms with Gasteiger partial charge in [0.2, 0.25) is 11.7 Å². The maximum absolute atomic E-state index is 12.1. The average Bonchev–Trinajstić information content (AvgIpc) is 3.43. The van der Waals surface area contributed by atoms with Crippen LogP contribution >= 0.6 is 11.8 Å². The number of carbonyl (C=O) groups is 1. The van der Waals surface area contributed by atoms with E-state index in [2.05, 4.69) is 15.5 Å². The van der Waals surface area contributed by atoms with Crippen molar-refractivity contribution in [2.24, 2.45) is 0 Å². The van der Waals surface area contributed by atoms with Crippen LogP contribution in [0.2, 0.25) is 0 Å².